The van der Waals surface area contributed by atoms with Crippen molar-refractivity contribution in [3.8, 4) is 0 Å². The standard InChI is InChI=1S/C11H20/c1-9-6-7-10-4-2-3-5-11(10)8-9/h9-11H,2-8H2,1H3/t9?,10-,11-/m1/s1. The molecule has 0 aromatic carbocycles. The number of hydrogen-bond acceptors (Lipinski definition) is 0. The van der Waals surface area contributed by atoms with Crippen LogP contribution in [0.1, 0.15) is 51.9 Å². The van der Waals surface area contributed by atoms with Crippen LogP contribution >= 0.6 is 0 Å². The predicted molar refractivity (Wildman–Crippen MR) is 48.5 cm³/mol. The summed E-state index contributed by atoms with van der Waals surface area (Å²) >= 11 is 0. The lowest BCUT2D eigenvalue weighted by Gasteiger charge is -2.38. The van der Waals surface area contributed by atoms with Gasteiger partial charge < -0.3 is 0 Å². The van der Waals surface area contributed by atoms with Crippen LogP contribution < -0.4 is 0 Å². The Balaban J connectivity index is 1.93. The Morgan fingerprint density at radius 1 is 0.818 bits per heavy atom. The van der Waals surface area contributed by atoms with E-state index >= 15 is 0 Å². The lowest BCUT2D eigenvalue weighted by atomic mass is 9.68. The van der Waals surface area contributed by atoms with Crippen LogP contribution in [0.2, 0.25) is 0 Å². The molecule has 0 spiro atoms. The average molecular weight is 152 g/mol. The van der Waals surface area contributed by atoms with Crippen molar-refractivity contribution in [1.29, 1.82) is 0 Å². The molecule has 0 heterocycles. The van der Waals surface area contributed by atoms with Crippen LogP contribution in [0.3, 0.4) is 0 Å². The topological polar surface area (TPSA) is 0 Å². The first-order valence-electron chi connectivity index (χ1n) is 5.36. The second-order valence-corrected chi connectivity index (χ2v) is 4.72. The fourth-order valence-electron chi connectivity index (χ4n) is 3.11. The van der Waals surface area contributed by atoms with Crippen molar-refractivity contribution in [1.82, 2.24) is 0 Å². The third-order valence-electron chi connectivity index (χ3n) is 3.80. The maximum atomic E-state index is 2.44. The molecule has 64 valence electrons. The van der Waals surface area contributed by atoms with Gasteiger partial charge in [-0.1, -0.05) is 39.0 Å². The lowest BCUT2D eigenvalue weighted by molar-refractivity contribution is 0.137. The van der Waals surface area contributed by atoms with Crippen LogP contribution in [0.15, 0.2) is 0 Å². The minimum absolute atomic E-state index is 1.04. The second kappa shape index (κ2) is 3.16. The highest BCUT2D eigenvalue weighted by atomic mass is 14.4. The van der Waals surface area contributed by atoms with Gasteiger partial charge in [-0.25, -0.2) is 0 Å². The van der Waals surface area contributed by atoms with Crippen molar-refractivity contribution in [2.45, 2.75) is 51.9 Å². The normalized spacial score (nSPS) is 45.0. The fourth-order valence-corrected chi connectivity index (χ4v) is 3.11. The Bertz CT molecular complexity index is 128. The Labute approximate surface area is 70.4 Å². The smallest absolute Gasteiger partial charge is 0.0383 e. The summed E-state index contributed by atoms with van der Waals surface area (Å²) < 4.78 is 0. The van der Waals surface area contributed by atoms with E-state index in [1.54, 1.807) is 25.7 Å². The van der Waals surface area contributed by atoms with Gasteiger partial charge in [-0.3, -0.25) is 0 Å². The van der Waals surface area contributed by atoms with Crippen molar-refractivity contribution < 1.29 is 0 Å². The molecular formula is C11H20. The summed E-state index contributed by atoms with van der Waals surface area (Å²) in [7, 11) is 0. The van der Waals surface area contributed by atoms with E-state index in [0.29, 0.717) is 0 Å². The molecule has 0 bridgehead atoms. The number of hydrogen-bond donors (Lipinski definition) is 0. The monoisotopic (exact) mass is 152 g/mol. The fraction of sp³-hybridized carbons (Fsp3) is 1.00. The summed E-state index contributed by atoms with van der Waals surface area (Å²) in [6.45, 7) is 2.44. The molecule has 0 aromatic rings. The van der Waals surface area contributed by atoms with Crippen molar-refractivity contribution in [2.24, 2.45) is 17.8 Å². The molecule has 2 rings (SSSR count). The van der Waals surface area contributed by atoms with E-state index in [4.69, 9.17) is 0 Å². The number of fused-ring (bicyclic) bond motifs is 1. The van der Waals surface area contributed by atoms with Crippen molar-refractivity contribution in [3.05, 3.63) is 0 Å². The van der Waals surface area contributed by atoms with Crippen molar-refractivity contribution in [2.75, 3.05) is 0 Å². The van der Waals surface area contributed by atoms with Gasteiger partial charge in [0.05, 0.1) is 0 Å². The molecule has 0 aromatic heterocycles. The second-order valence-electron chi connectivity index (χ2n) is 4.72. The molecule has 0 heteroatoms. The Hall–Kier alpha value is 0. The zero-order valence-corrected chi connectivity index (χ0v) is 7.68. The lowest BCUT2D eigenvalue weighted by Crippen LogP contribution is -2.26. The van der Waals surface area contributed by atoms with E-state index in [9.17, 15) is 0 Å². The zero-order chi connectivity index (χ0) is 7.68. The van der Waals surface area contributed by atoms with Crippen LogP contribution in [0, 0.1) is 17.8 Å². The summed E-state index contributed by atoms with van der Waals surface area (Å²) in [4.78, 5) is 0. The maximum Gasteiger partial charge on any atom is -0.0383 e. The maximum absolute atomic E-state index is 2.44. The van der Waals surface area contributed by atoms with Gasteiger partial charge >= 0.3 is 0 Å². The average Bonchev–Trinajstić information content (AvgIpc) is 2.04. The van der Waals surface area contributed by atoms with Crippen LogP contribution in [-0.2, 0) is 0 Å². The van der Waals surface area contributed by atoms with Gasteiger partial charge in [0.15, 0.2) is 0 Å². The molecule has 11 heavy (non-hydrogen) atoms. The molecule has 0 nitrogen and oxygen atoms in total. The predicted octanol–water partition coefficient (Wildman–Crippen LogP) is 3.61. The van der Waals surface area contributed by atoms with E-state index in [1.165, 1.54) is 19.3 Å². The SMILES string of the molecule is CC1CC[C@H]2CCCC[C@@H]2C1. The first-order chi connectivity index (χ1) is 5.36. The van der Waals surface area contributed by atoms with E-state index in [1.807, 2.05) is 0 Å². The first kappa shape index (κ1) is 7.64. The minimum Gasteiger partial charge on any atom is -0.0625 e. The van der Waals surface area contributed by atoms with Gasteiger partial charge in [0.1, 0.15) is 0 Å². The molecule has 0 radical (unpaired) electrons. The van der Waals surface area contributed by atoms with Gasteiger partial charge in [0.2, 0.25) is 0 Å². The van der Waals surface area contributed by atoms with Gasteiger partial charge in [-0.05, 0) is 30.6 Å². The highest BCUT2D eigenvalue weighted by Gasteiger charge is 2.29. The summed E-state index contributed by atoms with van der Waals surface area (Å²) in [5, 5.41) is 0. The molecule has 2 aliphatic rings. The summed E-state index contributed by atoms with van der Waals surface area (Å²) in [6, 6.07) is 0. The van der Waals surface area contributed by atoms with Gasteiger partial charge in [0, 0.05) is 0 Å². The molecule has 0 N–H and O–H groups in total. The van der Waals surface area contributed by atoms with Crippen LogP contribution in [-0.4, -0.2) is 0 Å². The largest absolute Gasteiger partial charge is 0.0625 e. The molecule has 2 saturated carbocycles. The van der Waals surface area contributed by atoms with Crippen LogP contribution in [0.25, 0.3) is 0 Å². The van der Waals surface area contributed by atoms with Gasteiger partial charge in [-0.2, -0.15) is 0 Å². The van der Waals surface area contributed by atoms with Gasteiger partial charge in [0.25, 0.3) is 0 Å². The van der Waals surface area contributed by atoms with Gasteiger partial charge in [-0.15, -0.1) is 0 Å². The molecule has 3 atom stereocenters. The summed E-state index contributed by atoms with van der Waals surface area (Å²) in [5.41, 5.74) is 0. The first-order valence-corrected chi connectivity index (χ1v) is 5.36. The summed E-state index contributed by atoms with van der Waals surface area (Å²) in [5.74, 6) is 3.31. The van der Waals surface area contributed by atoms with E-state index < -0.39 is 0 Å². The van der Waals surface area contributed by atoms with E-state index in [0.717, 1.165) is 17.8 Å². The van der Waals surface area contributed by atoms with E-state index in [2.05, 4.69) is 6.92 Å². The van der Waals surface area contributed by atoms with Crippen LogP contribution in [0.4, 0.5) is 0 Å². The molecule has 1 unspecified atom stereocenters. The van der Waals surface area contributed by atoms with Crippen LogP contribution in [0.5, 0.6) is 0 Å². The third kappa shape index (κ3) is 1.60. The van der Waals surface area contributed by atoms with E-state index in [-0.39, 0.29) is 0 Å². The van der Waals surface area contributed by atoms with Crippen molar-refractivity contribution in [3.63, 3.8) is 0 Å². The molecule has 0 amide bonds. The third-order valence-corrected chi connectivity index (χ3v) is 3.80. The van der Waals surface area contributed by atoms with Crippen molar-refractivity contribution >= 4 is 0 Å². The summed E-state index contributed by atoms with van der Waals surface area (Å²) in [6.07, 6.45) is 10.8. The molecule has 0 aliphatic heterocycles. The Morgan fingerprint density at radius 2 is 1.55 bits per heavy atom. The highest BCUT2D eigenvalue weighted by Crippen LogP contribution is 2.42. The molecule has 2 fully saturated rings. The minimum atomic E-state index is 1.04. The number of rotatable bonds is 0. The Morgan fingerprint density at radius 3 is 2.36 bits per heavy atom. The zero-order valence-electron chi connectivity index (χ0n) is 7.68. The molecule has 2 aliphatic carbocycles. The molecule has 0 saturated heterocycles. The highest BCUT2D eigenvalue weighted by molar-refractivity contribution is 4.81. The quantitative estimate of drug-likeness (QED) is 0.497. The Kier molecular flexibility index (Phi) is 2.20. The molecular weight excluding hydrogens is 132 g/mol.